The predicted octanol–water partition coefficient (Wildman–Crippen LogP) is 7.06. The minimum absolute atomic E-state index is 1.05. The Morgan fingerprint density at radius 3 is 1.93 bits per heavy atom. The third-order valence-electron chi connectivity index (χ3n) is 6.99. The van der Waals surface area contributed by atoms with E-state index in [0.717, 1.165) is 19.3 Å². The van der Waals surface area contributed by atoms with E-state index in [4.69, 9.17) is 0 Å². The van der Waals surface area contributed by atoms with E-state index in [2.05, 4.69) is 84.9 Å². The minimum atomic E-state index is 1.05. The molecule has 0 N–H and O–H groups in total. The van der Waals surface area contributed by atoms with Crippen molar-refractivity contribution in [1.29, 1.82) is 0 Å². The average molecular weight is 368 g/mol. The molecule has 0 saturated heterocycles. The van der Waals surface area contributed by atoms with Crippen molar-refractivity contribution in [3.63, 3.8) is 0 Å². The van der Waals surface area contributed by atoms with Crippen molar-refractivity contribution in [3.05, 3.63) is 118 Å². The molecular formula is C29H20. The van der Waals surface area contributed by atoms with Gasteiger partial charge in [-0.1, -0.05) is 84.9 Å². The van der Waals surface area contributed by atoms with E-state index in [1.807, 2.05) is 0 Å². The van der Waals surface area contributed by atoms with Crippen LogP contribution in [0.3, 0.4) is 0 Å². The average Bonchev–Trinajstić information content (AvgIpc) is 3.16. The van der Waals surface area contributed by atoms with Gasteiger partial charge >= 0.3 is 0 Å². The van der Waals surface area contributed by atoms with Gasteiger partial charge in [0.05, 0.1) is 0 Å². The van der Waals surface area contributed by atoms with Gasteiger partial charge in [-0.3, -0.25) is 0 Å². The monoisotopic (exact) mass is 368 g/mol. The Hall–Kier alpha value is -3.38. The molecule has 0 bridgehead atoms. The highest BCUT2D eigenvalue weighted by atomic mass is 14.3. The van der Waals surface area contributed by atoms with Gasteiger partial charge in [0, 0.05) is 0 Å². The number of benzene rings is 5. The Morgan fingerprint density at radius 2 is 1.10 bits per heavy atom. The summed E-state index contributed by atoms with van der Waals surface area (Å²) in [5.74, 6) is 0. The molecule has 0 atom stereocenters. The summed E-state index contributed by atoms with van der Waals surface area (Å²) in [6.07, 6.45) is 3.15. The Bertz CT molecular complexity index is 1470. The van der Waals surface area contributed by atoms with Crippen LogP contribution in [0.1, 0.15) is 33.4 Å². The molecule has 0 nitrogen and oxygen atoms in total. The maximum atomic E-state index is 2.42. The van der Waals surface area contributed by atoms with Gasteiger partial charge in [-0.15, -0.1) is 0 Å². The SMILES string of the molecule is c1ccc2cc3c(cc2c1)Cc1ccc2c(c1C3)-c1ccc3ccccc3c1C2. The highest BCUT2D eigenvalue weighted by molar-refractivity contribution is 5.96. The van der Waals surface area contributed by atoms with Crippen LogP contribution in [-0.2, 0) is 19.3 Å². The first-order valence-corrected chi connectivity index (χ1v) is 10.5. The fourth-order valence-electron chi connectivity index (χ4n) is 5.60. The van der Waals surface area contributed by atoms with Crippen LogP contribution in [0.25, 0.3) is 32.7 Å². The molecule has 2 aliphatic rings. The summed E-state index contributed by atoms with van der Waals surface area (Å²) in [7, 11) is 0. The molecular weight excluding hydrogens is 348 g/mol. The van der Waals surface area contributed by atoms with E-state index in [9.17, 15) is 0 Å². The molecule has 2 aliphatic carbocycles. The smallest absolute Gasteiger partial charge is 0.000718 e. The third-order valence-corrected chi connectivity index (χ3v) is 6.99. The van der Waals surface area contributed by atoms with Crippen LogP contribution in [0.4, 0.5) is 0 Å². The molecule has 7 rings (SSSR count). The van der Waals surface area contributed by atoms with Crippen molar-refractivity contribution >= 4 is 21.5 Å². The molecule has 0 aliphatic heterocycles. The summed E-state index contributed by atoms with van der Waals surface area (Å²) in [5, 5.41) is 5.48. The molecule has 0 unspecified atom stereocenters. The van der Waals surface area contributed by atoms with E-state index in [1.54, 1.807) is 5.56 Å². The summed E-state index contributed by atoms with van der Waals surface area (Å²) >= 11 is 0. The second-order valence-corrected chi connectivity index (χ2v) is 8.55. The van der Waals surface area contributed by atoms with Crippen LogP contribution in [0, 0.1) is 0 Å². The molecule has 0 saturated carbocycles. The fraction of sp³-hybridized carbons (Fsp3) is 0.103. The van der Waals surface area contributed by atoms with Gasteiger partial charge in [0.2, 0.25) is 0 Å². The highest BCUT2D eigenvalue weighted by Crippen LogP contribution is 2.45. The number of fused-ring (bicyclic) bond motifs is 9. The molecule has 29 heavy (non-hydrogen) atoms. The molecule has 0 aromatic heterocycles. The van der Waals surface area contributed by atoms with Crippen LogP contribution in [0.15, 0.2) is 84.9 Å². The molecule has 0 heterocycles. The highest BCUT2D eigenvalue weighted by Gasteiger charge is 2.27. The van der Waals surface area contributed by atoms with E-state index in [0.29, 0.717) is 0 Å². The molecule has 5 aromatic carbocycles. The summed E-state index contributed by atoms with van der Waals surface area (Å²) in [5.41, 5.74) is 12.0. The summed E-state index contributed by atoms with van der Waals surface area (Å²) in [6.45, 7) is 0. The first-order valence-electron chi connectivity index (χ1n) is 10.5. The number of hydrogen-bond donors (Lipinski definition) is 0. The van der Waals surface area contributed by atoms with Crippen molar-refractivity contribution in [3.8, 4) is 11.1 Å². The lowest BCUT2D eigenvalue weighted by atomic mass is 9.81. The maximum Gasteiger partial charge on any atom is -0.000718 e. The predicted molar refractivity (Wildman–Crippen MR) is 122 cm³/mol. The Labute approximate surface area is 170 Å². The van der Waals surface area contributed by atoms with Gasteiger partial charge in [0.1, 0.15) is 0 Å². The van der Waals surface area contributed by atoms with E-state index in [1.165, 1.54) is 60.5 Å². The van der Waals surface area contributed by atoms with Crippen molar-refractivity contribution in [1.82, 2.24) is 0 Å². The molecule has 5 aromatic rings. The molecule has 0 heteroatoms. The zero-order valence-corrected chi connectivity index (χ0v) is 16.2. The summed E-state index contributed by atoms with van der Waals surface area (Å²) in [4.78, 5) is 0. The molecule has 0 spiro atoms. The zero-order valence-electron chi connectivity index (χ0n) is 16.2. The molecule has 136 valence electrons. The van der Waals surface area contributed by atoms with E-state index < -0.39 is 0 Å². The van der Waals surface area contributed by atoms with Crippen molar-refractivity contribution < 1.29 is 0 Å². The first kappa shape index (κ1) is 15.5. The van der Waals surface area contributed by atoms with Crippen LogP contribution in [0.2, 0.25) is 0 Å². The lowest BCUT2D eigenvalue weighted by molar-refractivity contribution is 1.01. The van der Waals surface area contributed by atoms with Gasteiger partial charge in [0.25, 0.3) is 0 Å². The van der Waals surface area contributed by atoms with E-state index >= 15 is 0 Å². The number of hydrogen-bond acceptors (Lipinski definition) is 0. The maximum absolute atomic E-state index is 2.42. The van der Waals surface area contributed by atoms with Crippen LogP contribution < -0.4 is 0 Å². The Kier molecular flexibility index (Phi) is 2.99. The topological polar surface area (TPSA) is 0 Å². The van der Waals surface area contributed by atoms with Gasteiger partial charge in [-0.25, -0.2) is 0 Å². The summed E-state index contributed by atoms with van der Waals surface area (Å²) < 4.78 is 0. The quantitative estimate of drug-likeness (QED) is 0.269. The fourth-order valence-corrected chi connectivity index (χ4v) is 5.60. The number of rotatable bonds is 0. The summed E-state index contributed by atoms with van der Waals surface area (Å²) in [6, 6.07) is 31.8. The van der Waals surface area contributed by atoms with Crippen molar-refractivity contribution in [2.24, 2.45) is 0 Å². The Balaban J connectivity index is 1.44. The third kappa shape index (κ3) is 2.15. The first-order chi connectivity index (χ1) is 14.3. The lowest BCUT2D eigenvalue weighted by Crippen LogP contribution is -2.09. The zero-order chi connectivity index (χ0) is 18.9. The lowest BCUT2D eigenvalue weighted by Gasteiger charge is -2.23. The second kappa shape index (κ2) is 5.58. The normalized spacial score (nSPS) is 13.8. The molecule has 0 amide bonds. The largest absolute Gasteiger partial charge is 0.0616 e. The van der Waals surface area contributed by atoms with Gasteiger partial charge < -0.3 is 0 Å². The van der Waals surface area contributed by atoms with Gasteiger partial charge in [0.15, 0.2) is 0 Å². The van der Waals surface area contributed by atoms with Gasteiger partial charge in [-0.2, -0.15) is 0 Å². The van der Waals surface area contributed by atoms with Crippen LogP contribution in [-0.4, -0.2) is 0 Å². The van der Waals surface area contributed by atoms with Crippen LogP contribution >= 0.6 is 0 Å². The minimum Gasteiger partial charge on any atom is -0.0616 e. The second-order valence-electron chi connectivity index (χ2n) is 8.55. The Morgan fingerprint density at radius 1 is 0.448 bits per heavy atom. The molecule has 0 fully saturated rings. The molecule has 0 radical (unpaired) electrons. The van der Waals surface area contributed by atoms with Gasteiger partial charge in [-0.05, 0) is 85.3 Å². The van der Waals surface area contributed by atoms with Crippen molar-refractivity contribution in [2.75, 3.05) is 0 Å². The van der Waals surface area contributed by atoms with Crippen molar-refractivity contribution in [2.45, 2.75) is 19.3 Å². The van der Waals surface area contributed by atoms with Crippen LogP contribution in [0.5, 0.6) is 0 Å². The van der Waals surface area contributed by atoms with E-state index in [-0.39, 0.29) is 0 Å². The standard InChI is InChI=1S/C29H20/c1-2-7-20-14-24-17-27-21(15-23(24)13-19(20)6-1)9-10-22-16-28-25-8-4-3-5-18(25)11-12-26(28)29(22)27/h1-14H,15-17H2.